The van der Waals surface area contributed by atoms with Crippen LogP contribution in [0.5, 0.6) is 0 Å². The van der Waals surface area contributed by atoms with Gasteiger partial charge in [-0.2, -0.15) is 0 Å². The predicted molar refractivity (Wildman–Crippen MR) is 66.3 cm³/mol. The molecule has 0 aromatic carbocycles. The van der Waals surface area contributed by atoms with Gasteiger partial charge in [-0.3, -0.25) is 4.79 Å². The van der Waals surface area contributed by atoms with Crippen molar-refractivity contribution in [2.45, 2.75) is 56.6 Å². The quantitative estimate of drug-likeness (QED) is 0.388. The first-order chi connectivity index (χ1) is 9.04. The molecule has 7 nitrogen and oxygen atoms in total. The summed E-state index contributed by atoms with van der Waals surface area (Å²) in [5, 5.41) is 40.5. The first-order valence-corrected chi connectivity index (χ1v) is 6.57. The van der Waals surface area contributed by atoms with Crippen molar-refractivity contribution in [1.82, 2.24) is 5.32 Å². The van der Waals surface area contributed by atoms with Crippen molar-refractivity contribution in [2.24, 2.45) is 0 Å². The van der Waals surface area contributed by atoms with Crippen LogP contribution in [0.4, 0.5) is 0 Å². The molecule has 0 aromatic rings. The topological polar surface area (TPSA) is 119 Å². The lowest BCUT2D eigenvalue weighted by molar-refractivity contribution is -0.198. The van der Waals surface area contributed by atoms with E-state index in [1.54, 1.807) is 0 Å². The number of rotatable bonds is 6. The summed E-state index contributed by atoms with van der Waals surface area (Å²) in [6, 6.07) is -0.788. The fourth-order valence-corrected chi connectivity index (χ4v) is 2.23. The third kappa shape index (κ3) is 4.12. The summed E-state index contributed by atoms with van der Waals surface area (Å²) in [5.74, 6) is -0.243. The second kappa shape index (κ2) is 7.76. The molecule has 1 aliphatic rings. The Hall–Kier alpha value is -0.730. The predicted octanol–water partition coefficient (Wildman–Crippen LogP) is -1.86. The van der Waals surface area contributed by atoms with Gasteiger partial charge in [0.25, 0.3) is 0 Å². The van der Waals surface area contributed by atoms with E-state index in [0.29, 0.717) is 12.8 Å². The smallest absolute Gasteiger partial charge is 0.220 e. The number of nitrogens with one attached hydrogen (secondary N) is 1. The molecule has 0 saturated carbocycles. The Morgan fingerprint density at radius 1 is 1.21 bits per heavy atom. The minimum atomic E-state index is -1.27. The number of carbonyl (C=O) groups excluding carboxylic acids is 1. The van der Waals surface area contributed by atoms with Crippen LogP contribution in [0.3, 0.4) is 0 Å². The molecule has 0 aliphatic carbocycles. The van der Waals surface area contributed by atoms with Gasteiger partial charge < -0.3 is 30.5 Å². The van der Waals surface area contributed by atoms with E-state index in [1.165, 1.54) is 0 Å². The molecule has 1 unspecified atom stereocenters. The number of carbonyl (C=O) groups is 1. The molecule has 1 rings (SSSR count). The van der Waals surface area contributed by atoms with Crippen molar-refractivity contribution < 1.29 is 30.0 Å². The fraction of sp³-hybridized carbons (Fsp3) is 0.917. The maximum Gasteiger partial charge on any atom is 0.220 e. The molecule has 1 amide bonds. The number of ether oxygens (including phenoxy) is 1. The van der Waals surface area contributed by atoms with E-state index in [-0.39, 0.29) is 18.9 Å². The summed E-state index contributed by atoms with van der Waals surface area (Å²) in [7, 11) is 0. The maximum absolute atomic E-state index is 11.6. The monoisotopic (exact) mass is 277 g/mol. The van der Waals surface area contributed by atoms with E-state index in [1.807, 2.05) is 6.92 Å². The molecule has 1 heterocycles. The third-order valence-corrected chi connectivity index (χ3v) is 3.25. The van der Waals surface area contributed by atoms with Crippen molar-refractivity contribution in [3.63, 3.8) is 0 Å². The van der Waals surface area contributed by atoms with Crippen molar-refractivity contribution in [3.8, 4) is 0 Å². The molecule has 1 fully saturated rings. The highest BCUT2D eigenvalue weighted by Crippen LogP contribution is 2.23. The summed E-state index contributed by atoms with van der Waals surface area (Å²) < 4.78 is 5.42. The number of aliphatic hydroxyl groups excluding tert-OH is 4. The Morgan fingerprint density at radius 3 is 2.42 bits per heavy atom. The van der Waals surface area contributed by atoms with Crippen molar-refractivity contribution in [3.05, 3.63) is 0 Å². The summed E-state index contributed by atoms with van der Waals surface area (Å²) in [6.07, 6.45) is -2.86. The van der Waals surface area contributed by atoms with E-state index in [9.17, 15) is 15.0 Å². The Balaban J connectivity index is 2.75. The van der Waals surface area contributed by atoms with Gasteiger partial charge in [0.15, 0.2) is 0 Å². The number of hydrogen-bond donors (Lipinski definition) is 5. The van der Waals surface area contributed by atoms with Gasteiger partial charge in [0.2, 0.25) is 5.91 Å². The van der Waals surface area contributed by atoms with Crippen molar-refractivity contribution >= 4 is 5.91 Å². The van der Waals surface area contributed by atoms with E-state index < -0.39 is 37.1 Å². The molecule has 0 aromatic heterocycles. The average Bonchev–Trinajstić information content (AvgIpc) is 2.38. The molecule has 0 spiro atoms. The number of aliphatic hydroxyl groups is 4. The molecule has 1 saturated heterocycles. The number of amides is 1. The molecule has 5 atom stereocenters. The van der Waals surface area contributed by atoms with Gasteiger partial charge in [0, 0.05) is 13.0 Å². The molecule has 5 N–H and O–H groups in total. The van der Waals surface area contributed by atoms with Crippen LogP contribution < -0.4 is 5.32 Å². The van der Waals surface area contributed by atoms with Crippen molar-refractivity contribution in [1.29, 1.82) is 0 Å². The zero-order valence-corrected chi connectivity index (χ0v) is 11.0. The highest BCUT2D eigenvalue weighted by atomic mass is 16.5. The normalized spacial score (nSPS) is 35.1. The van der Waals surface area contributed by atoms with Gasteiger partial charge in [-0.05, 0) is 12.8 Å². The Bertz CT molecular complexity index is 287. The summed E-state index contributed by atoms with van der Waals surface area (Å²) >= 11 is 0. The van der Waals surface area contributed by atoms with Crippen LogP contribution in [0.1, 0.15) is 26.2 Å². The molecular formula is C12H23NO6. The minimum absolute atomic E-state index is 0.175. The second-order valence-electron chi connectivity index (χ2n) is 4.73. The van der Waals surface area contributed by atoms with Gasteiger partial charge in [0.05, 0.1) is 18.8 Å². The van der Waals surface area contributed by atoms with Crippen LogP contribution in [-0.2, 0) is 9.53 Å². The summed E-state index contributed by atoms with van der Waals surface area (Å²) in [4.78, 5) is 11.6. The molecule has 7 heteroatoms. The zero-order valence-electron chi connectivity index (χ0n) is 11.0. The average molecular weight is 277 g/mol. The van der Waals surface area contributed by atoms with Gasteiger partial charge in [-0.1, -0.05) is 6.92 Å². The van der Waals surface area contributed by atoms with Gasteiger partial charge in [-0.25, -0.2) is 0 Å². The van der Waals surface area contributed by atoms with Crippen LogP contribution in [0.25, 0.3) is 0 Å². The molecule has 0 bridgehead atoms. The van der Waals surface area contributed by atoms with E-state index >= 15 is 0 Å². The fourth-order valence-electron chi connectivity index (χ4n) is 2.23. The van der Waals surface area contributed by atoms with Gasteiger partial charge >= 0.3 is 0 Å². The van der Waals surface area contributed by atoms with E-state index in [4.69, 9.17) is 14.9 Å². The summed E-state index contributed by atoms with van der Waals surface area (Å²) in [5.41, 5.74) is 0. The molecule has 1 aliphatic heterocycles. The standard InChI is InChI=1S/C12H23NO6/c1-2-3-9(16)13-10-7(4-5-14)19-8(6-15)11(17)12(10)18/h7-8,10-12,14-15,17-18H,2-6H2,1H3,(H,13,16)/t7?,8-,10+,11-,12-/m1/s1. The summed E-state index contributed by atoms with van der Waals surface area (Å²) in [6.45, 7) is 1.25. The van der Waals surface area contributed by atoms with Crippen LogP contribution in [0.2, 0.25) is 0 Å². The highest BCUT2D eigenvalue weighted by Gasteiger charge is 2.44. The van der Waals surface area contributed by atoms with Crippen molar-refractivity contribution in [2.75, 3.05) is 13.2 Å². The maximum atomic E-state index is 11.6. The highest BCUT2D eigenvalue weighted by molar-refractivity contribution is 5.76. The van der Waals surface area contributed by atoms with Crippen LogP contribution >= 0.6 is 0 Å². The van der Waals surface area contributed by atoms with Crippen LogP contribution in [-0.4, -0.2) is 70.0 Å². The molecular weight excluding hydrogens is 254 g/mol. The van der Waals surface area contributed by atoms with E-state index in [2.05, 4.69) is 5.32 Å². The van der Waals surface area contributed by atoms with E-state index in [0.717, 1.165) is 0 Å². The Labute approximate surface area is 112 Å². The van der Waals surface area contributed by atoms with Gasteiger partial charge in [-0.15, -0.1) is 0 Å². The molecule has 0 radical (unpaired) electrons. The first kappa shape index (κ1) is 16.3. The lowest BCUT2D eigenvalue weighted by Crippen LogP contribution is -2.64. The zero-order chi connectivity index (χ0) is 14.4. The Kier molecular flexibility index (Phi) is 6.67. The minimum Gasteiger partial charge on any atom is -0.396 e. The third-order valence-electron chi connectivity index (χ3n) is 3.25. The largest absolute Gasteiger partial charge is 0.396 e. The first-order valence-electron chi connectivity index (χ1n) is 6.57. The molecule has 19 heavy (non-hydrogen) atoms. The van der Waals surface area contributed by atoms with Crippen LogP contribution in [0.15, 0.2) is 0 Å². The lowest BCUT2D eigenvalue weighted by atomic mass is 9.91. The number of hydrogen-bond acceptors (Lipinski definition) is 6. The van der Waals surface area contributed by atoms with Crippen LogP contribution in [0, 0.1) is 0 Å². The lowest BCUT2D eigenvalue weighted by Gasteiger charge is -2.42. The SMILES string of the molecule is CCCC(=O)N[C@H]1C(CCO)O[C@H](CO)[C@@H](O)[C@@H]1O. The van der Waals surface area contributed by atoms with Gasteiger partial charge in [0.1, 0.15) is 18.3 Å². The Morgan fingerprint density at radius 2 is 1.89 bits per heavy atom. The molecule has 112 valence electrons. The second-order valence-corrected chi connectivity index (χ2v) is 4.73.